The van der Waals surface area contributed by atoms with E-state index in [0.29, 0.717) is 22.9 Å². The lowest BCUT2D eigenvalue weighted by Gasteiger charge is -2.12. The summed E-state index contributed by atoms with van der Waals surface area (Å²) < 4.78 is 5.44. The van der Waals surface area contributed by atoms with Crippen LogP contribution in [0.4, 0.5) is 5.69 Å². The third-order valence-electron chi connectivity index (χ3n) is 4.11. The molecule has 3 rings (SSSR count). The van der Waals surface area contributed by atoms with Crippen molar-refractivity contribution in [2.24, 2.45) is 0 Å². The molecule has 3 aromatic rings. The van der Waals surface area contributed by atoms with Crippen LogP contribution in [0.5, 0.6) is 5.75 Å². The smallest absolute Gasteiger partial charge is 0.272 e. The van der Waals surface area contributed by atoms with Gasteiger partial charge in [0, 0.05) is 16.3 Å². The molecule has 0 radical (unpaired) electrons. The molecule has 0 saturated heterocycles. The summed E-state index contributed by atoms with van der Waals surface area (Å²) in [5.74, 6) is -0.114. The van der Waals surface area contributed by atoms with Gasteiger partial charge < -0.3 is 15.4 Å². The van der Waals surface area contributed by atoms with Gasteiger partial charge >= 0.3 is 0 Å². The van der Waals surface area contributed by atoms with E-state index >= 15 is 0 Å². The lowest BCUT2D eigenvalue weighted by Crippen LogP contribution is -2.30. The quantitative estimate of drug-likeness (QED) is 0.519. The van der Waals surface area contributed by atoms with Crippen LogP contribution in [0.25, 0.3) is 6.08 Å². The number of carbonyl (C=O) groups is 2. The van der Waals surface area contributed by atoms with Crippen LogP contribution in [0.3, 0.4) is 0 Å². The van der Waals surface area contributed by atoms with Gasteiger partial charge in [-0.3, -0.25) is 9.59 Å². The highest BCUT2D eigenvalue weighted by molar-refractivity contribution is 6.31. The Hall–Kier alpha value is -3.57. The Morgan fingerprint density at radius 2 is 1.70 bits per heavy atom. The van der Waals surface area contributed by atoms with Crippen LogP contribution in [0, 0.1) is 0 Å². The molecular weight excluding hydrogens is 400 g/mol. The average Bonchev–Trinajstić information content (AvgIpc) is 2.75. The minimum absolute atomic E-state index is 0.105. The number of amides is 2. The number of hydrogen-bond donors (Lipinski definition) is 2. The van der Waals surface area contributed by atoms with E-state index < -0.39 is 5.91 Å². The highest BCUT2D eigenvalue weighted by atomic mass is 35.5. The Morgan fingerprint density at radius 1 is 0.967 bits per heavy atom. The maximum Gasteiger partial charge on any atom is 0.272 e. The Balaban J connectivity index is 1.86. The lowest BCUT2D eigenvalue weighted by atomic mass is 10.1. The molecule has 0 saturated carbocycles. The summed E-state index contributed by atoms with van der Waals surface area (Å²) in [7, 11) is 0. The second-order valence-corrected chi connectivity index (χ2v) is 6.78. The van der Waals surface area contributed by atoms with Crippen molar-refractivity contribution < 1.29 is 14.3 Å². The summed E-state index contributed by atoms with van der Waals surface area (Å²) >= 11 is 5.99. The van der Waals surface area contributed by atoms with E-state index in [2.05, 4.69) is 10.6 Å². The number of ether oxygens (including phenoxy) is 1. The summed E-state index contributed by atoms with van der Waals surface area (Å²) in [6, 6.07) is 22.7. The Kier molecular flexibility index (Phi) is 7.24. The van der Waals surface area contributed by atoms with Crippen LogP contribution >= 0.6 is 11.6 Å². The van der Waals surface area contributed by atoms with Crippen molar-refractivity contribution in [3.8, 4) is 5.75 Å². The highest BCUT2D eigenvalue weighted by Gasteiger charge is 2.15. The van der Waals surface area contributed by atoms with Gasteiger partial charge in [0.1, 0.15) is 11.4 Å². The topological polar surface area (TPSA) is 67.4 Å². The van der Waals surface area contributed by atoms with Gasteiger partial charge in [0.25, 0.3) is 11.8 Å². The number of nitrogens with one attached hydrogen (secondary N) is 2. The lowest BCUT2D eigenvalue weighted by molar-refractivity contribution is -0.113. The molecule has 0 spiro atoms. The molecule has 0 fully saturated rings. The van der Waals surface area contributed by atoms with E-state index in [4.69, 9.17) is 16.3 Å². The van der Waals surface area contributed by atoms with Crippen molar-refractivity contribution in [1.29, 1.82) is 0 Å². The summed E-state index contributed by atoms with van der Waals surface area (Å²) in [5.41, 5.74) is 1.82. The summed E-state index contributed by atoms with van der Waals surface area (Å²) in [6.07, 6.45) is 1.61. The zero-order valence-electron chi connectivity index (χ0n) is 16.4. The van der Waals surface area contributed by atoms with Crippen molar-refractivity contribution in [1.82, 2.24) is 5.32 Å². The summed E-state index contributed by atoms with van der Waals surface area (Å²) in [6.45, 7) is 2.47. The molecule has 0 aliphatic heterocycles. The fourth-order valence-electron chi connectivity index (χ4n) is 2.70. The monoisotopic (exact) mass is 420 g/mol. The molecule has 0 unspecified atom stereocenters. The number of rotatable bonds is 7. The first kappa shape index (κ1) is 21.1. The van der Waals surface area contributed by atoms with Crippen molar-refractivity contribution >= 4 is 35.2 Å². The largest absolute Gasteiger partial charge is 0.494 e. The minimum Gasteiger partial charge on any atom is -0.494 e. The van der Waals surface area contributed by atoms with E-state index in [1.165, 1.54) is 0 Å². The first-order valence-corrected chi connectivity index (χ1v) is 9.81. The molecule has 6 heteroatoms. The number of hydrogen-bond acceptors (Lipinski definition) is 3. The second kappa shape index (κ2) is 10.3. The Bertz CT molecular complexity index is 1050. The van der Waals surface area contributed by atoms with Crippen molar-refractivity contribution in [3.63, 3.8) is 0 Å². The zero-order chi connectivity index (χ0) is 21.3. The maximum atomic E-state index is 12.9. The predicted octanol–water partition coefficient (Wildman–Crippen LogP) is 5.15. The van der Waals surface area contributed by atoms with Gasteiger partial charge in [0.05, 0.1) is 6.61 Å². The van der Waals surface area contributed by atoms with E-state index in [9.17, 15) is 9.59 Å². The van der Waals surface area contributed by atoms with E-state index in [1.807, 2.05) is 25.1 Å². The van der Waals surface area contributed by atoms with Crippen molar-refractivity contribution in [2.45, 2.75) is 6.92 Å². The van der Waals surface area contributed by atoms with Gasteiger partial charge in [-0.2, -0.15) is 0 Å². The van der Waals surface area contributed by atoms with Gasteiger partial charge in [-0.25, -0.2) is 0 Å². The van der Waals surface area contributed by atoms with E-state index in [-0.39, 0.29) is 11.6 Å². The molecular formula is C24H21ClN2O3. The van der Waals surface area contributed by atoms with Crippen molar-refractivity contribution in [2.75, 3.05) is 11.9 Å². The third kappa shape index (κ3) is 5.96. The third-order valence-corrected chi connectivity index (χ3v) is 4.35. The molecule has 3 aromatic carbocycles. The molecule has 5 nitrogen and oxygen atoms in total. The normalized spacial score (nSPS) is 10.9. The first-order valence-electron chi connectivity index (χ1n) is 9.43. The molecule has 2 N–H and O–H groups in total. The molecule has 0 aliphatic carbocycles. The van der Waals surface area contributed by atoms with Crippen LogP contribution in [0.1, 0.15) is 22.8 Å². The standard InChI is InChI=1S/C24H21ClN2O3/c1-2-30-21-13-11-17(12-14-21)15-22(27-23(28)18-7-4-3-5-8-18)24(29)26-20-10-6-9-19(25)16-20/h3-16H,2H2,1H3,(H,26,29)(H,27,28)/b22-15+. The van der Waals surface area contributed by atoms with Gasteiger partial charge in [0.15, 0.2) is 0 Å². The molecule has 152 valence electrons. The van der Waals surface area contributed by atoms with Gasteiger partial charge in [0.2, 0.25) is 0 Å². The predicted molar refractivity (Wildman–Crippen MR) is 120 cm³/mol. The summed E-state index contributed by atoms with van der Waals surface area (Å²) in [4.78, 5) is 25.5. The molecule has 0 aliphatic rings. The molecule has 30 heavy (non-hydrogen) atoms. The van der Waals surface area contributed by atoms with Crippen molar-refractivity contribution in [3.05, 3.63) is 101 Å². The molecule has 0 atom stereocenters. The number of benzene rings is 3. The van der Waals surface area contributed by atoms with Gasteiger partial charge in [-0.1, -0.05) is 48.0 Å². The first-order chi connectivity index (χ1) is 14.5. The van der Waals surface area contributed by atoms with Gasteiger partial charge in [-0.15, -0.1) is 0 Å². The van der Waals surface area contributed by atoms with Crippen LogP contribution in [0.2, 0.25) is 5.02 Å². The molecule has 0 heterocycles. The molecule has 2 amide bonds. The highest BCUT2D eigenvalue weighted by Crippen LogP contribution is 2.17. The fraction of sp³-hybridized carbons (Fsp3) is 0.0833. The minimum atomic E-state index is -0.463. The summed E-state index contributed by atoms with van der Waals surface area (Å²) in [5, 5.41) is 5.96. The van der Waals surface area contributed by atoms with E-state index in [0.717, 1.165) is 11.3 Å². The van der Waals surface area contributed by atoms with E-state index in [1.54, 1.807) is 66.7 Å². The van der Waals surface area contributed by atoms with Crippen LogP contribution in [-0.2, 0) is 4.79 Å². The maximum absolute atomic E-state index is 12.9. The fourth-order valence-corrected chi connectivity index (χ4v) is 2.89. The van der Waals surface area contributed by atoms with Gasteiger partial charge in [-0.05, 0) is 61.0 Å². The second-order valence-electron chi connectivity index (χ2n) is 6.34. The molecule has 0 bridgehead atoms. The van der Waals surface area contributed by atoms with Crippen LogP contribution in [-0.4, -0.2) is 18.4 Å². The average molecular weight is 421 g/mol. The number of halogens is 1. The Labute approximate surface area is 180 Å². The number of anilines is 1. The van der Waals surface area contributed by atoms with Crippen LogP contribution in [0.15, 0.2) is 84.6 Å². The van der Waals surface area contributed by atoms with Crippen LogP contribution < -0.4 is 15.4 Å². The number of carbonyl (C=O) groups excluding carboxylic acids is 2. The Morgan fingerprint density at radius 3 is 2.37 bits per heavy atom. The zero-order valence-corrected chi connectivity index (χ0v) is 17.1. The SMILES string of the molecule is CCOc1ccc(/C=C(/NC(=O)c2ccccc2)C(=O)Nc2cccc(Cl)c2)cc1. The molecule has 0 aromatic heterocycles.